The highest BCUT2D eigenvalue weighted by Crippen LogP contribution is 2.44. The van der Waals surface area contributed by atoms with Crippen molar-refractivity contribution in [2.75, 3.05) is 0 Å². The molecular weight excluding hydrogens is 412 g/mol. The molecule has 160 valence electrons. The van der Waals surface area contributed by atoms with Crippen LogP contribution in [0.3, 0.4) is 0 Å². The van der Waals surface area contributed by atoms with E-state index in [9.17, 15) is 0 Å². The van der Waals surface area contributed by atoms with Crippen LogP contribution < -0.4 is 0 Å². The molecule has 7 rings (SSSR count). The molecule has 1 aromatic heterocycles. The SMILES string of the molecule is Cc1cccc(-c2c3ccccc3c(-c3ccc4oc5ccccc5c4c3)c3ccccc23)c1. The standard InChI is InChI=1S/C33H22O/c1-21-9-8-10-22(19-21)32-25-12-2-4-14-27(25)33(28-15-5-3-13-26(28)32)23-17-18-31-29(20-23)24-11-6-7-16-30(24)34-31/h2-20H,1H3. The molecule has 6 aromatic carbocycles. The fourth-order valence-electron chi connectivity index (χ4n) is 5.43. The molecule has 1 heterocycles. The fraction of sp³-hybridized carbons (Fsp3) is 0.0303. The van der Waals surface area contributed by atoms with Gasteiger partial charge in [0.2, 0.25) is 0 Å². The fourth-order valence-corrected chi connectivity index (χ4v) is 5.43. The predicted molar refractivity (Wildman–Crippen MR) is 144 cm³/mol. The van der Waals surface area contributed by atoms with Crippen molar-refractivity contribution in [3.8, 4) is 22.3 Å². The first-order valence-corrected chi connectivity index (χ1v) is 11.7. The molecule has 0 aliphatic rings. The van der Waals surface area contributed by atoms with Crippen molar-refractivity contribution in [3.63, 3.8) is 0 Å². The van der Waals surface area contributed by atoms with Crippen LogP contribution in [0.1, 0.15) is 5.56 Å². The second-order valence-electron chi connectivity index (χ2n) is 9.02. The zero-order valence-electron chi connectivity index (χ0n) is 18.9. The molecule has 0 N–H and O–H groups in total. The summed E-state index contributed by atoms with van der Waals surface area (Å²) in [5.74, 6) is 0. The Morgan fingerprint density at radius 2 is 0.941 bits per heavy atom. The van der Waals surface area contributed by atoms with Crippen LogP contribution in [0, 0.1) is 6.92 Å². The van der Waals surface area contributed by atoms with Gasteiger partial charge in [0.05, 0.1) is 0 Å². The Balaban J connectivity index is 1.62. The first-order valence-electron chi connectivity index (χ1n) is 11.7. The molecule has 0 fully saturated rings. The first-order chi connectivity index (χ1) is 16.8. The minimum atomic E-state index is 0.926. The van der Waals surface area contributed by atoms with Crippen LogP contribution in [-0.2, 0) is 0 Å². The summed E-state index contributed by atoms with van der Waals surface area (Å²) in [6.07, 6.45) is 0. The van der Waals surface area contributed by atoms with Crippen LogP contribution in [0.5, 0.6) is 0 Å². The zero-order chi connectivity index (χ0) is 22.6. The number of benzene rings is 6. The Kier molecular flexibility index (Phi) is 4.13. The van der Waals surface area contributed by atoms with E-state index in [0.29, 0.717) is 0 Å². The number of para-hydroxylation sites is 1. The number of hydrogen-bond donors (Lipinski definition) is 0. The van der Waals surface area contributed by atoms with Crippen molar-refractivity contribution in [1.29, 1.82) is 0 Å². The first kappa shape index (κ1) is 19.1. The molecule has 0 saturated carbocycles. The number of furan rings is 1. The Morgan fingerprint density at radius 1 is 0.412 bits per heavy atom. The van der Waals surface area contributed by atoms with E-state index in [1.54, 1.807) is 0 Å². The van der Waals surface area contributed by atoms with Crippen LogP contribution in [-0.4, -0.2) is 0 Å². The molecule has 0 amide bonds. The van der Waals surface area contributed by atoms with Gasteiger partial charge in [-0.15, -0.1) is 0 Å². The van der Waals surface area contributed by atoms with Gasteiger partial charge in [-0.2, -0.15) is 0 Å². The predicted octanol–water partition coefficient (Wildman–Crippen LogP) is 9.53. The highest BCUT2D eigenvalue weighted by molar-refractivity contribution is 6.22. The van der Waals surface area contributed by atoms with Gasteiger partial charge >= 0.3 is 0 Å². The number of rotatable bonds is 2. The minimum absolute atomic E-state index is 0.926. The van der Waals surface area contributed by atoms with Gasteiger partial charge in [-0.25, -0.2) is 0 Å². The van der Waals surface area contributed by atoms with Gasteiger partial charge in [-0.1, -0.05) is 103 Å². The molecule has 0 atom stereocenters. The van der Waals surface area contributed by atoms with E-state index < -0.39 is 0 Å². The summed E-state index contributed by atoms with van der Waals surface area (Å²) >= 11 is 0. The maximum atomic E-state index is 6.11. The van der Waals surface area contributed by atoms with Gasteiger partial charge < -0.3 is 4.42 Å². The third-order valence-corrected chi connectivity index (χ3v) is 6.90. The van der Waals surface area contributed by atoms with Gasteiger partial charge in [-0.3, -0.25) is 0 Å². The molecule has 0 spiro atoms. The summed E-state index contributed by atoms with van der Waals surface area (Å²) in [6, 6.07) is 41.3. The summed E-state index contributed by atoms with van der Waals surface area (Å²) in [6.45, 7) is 2.16. The van der Waals surface area contributed by atoms with E-state index in [1.165, 1.54) is 49.4 Å². The molecule has 0 bridgehead atoms. The van der Waals surface area contributed by atoms with Crippen LogP contribution in [0.4, 0.5) is 0 Å². The normalized spacial score (nSPS) is 11.7. The minimum Gasteiger partial charge on any atom is -0.456 e. The maximum absolute atomic E-state index is 6.11. The summed E-state index contributed by atoms with van der Waals surface area (Å²) in [4.78, 5) is 0. The van der Waals surface area contributed by atoms with Gasteiger partial charge in [0.25, 0.3) is 0 Å². The van der Waals surface area contributed by atoms with Crippen molar-refractivity contribution in [2.45, 2.75) is 6.92 Å². The van der Waals surface area contributed by atoms with Crippen LogP contribution in [0.15, 0.2) is 120 Å². The Bertz CT molecular complexity index is 1810. The third-order valence-electron chi connectivity index (χ3n) is 6.90. The average molecular weight is 435 g/mol. The molecule has 1 heteroatoms. The molecule has 0 unspecified atom stereocenters. The van der Waals surface area contributed by atoms with Crippen LogP contribution >= 0.6 is 0 Å². The summed E-state index contributed by atoms with van der Waals surface area (Å²) in [7, 11) is 0. The molecule has 0 radical (unpaired) electrons. The van der Waals surface area contributed by atoms with E-state index >= 15 is 0 Å². The monoisotopic (exact) mass is 434 g/mol. The lowest BCUT2D eigenvalue weighted by molar-refractivity contribution is 0.669. The molecule has 1 nitrogen and oxygen atoms in total. The number of hydrogen-bond acceptors (Lipinski definition) is 1. The van der Waals surface area contributed by atoms with Crippen molar-refractivity contribution < 1.29 is 4.42 Å². The molecule has 34 heavy (non-hydrogen) atoms. The molecule has 7 aromatic rings. The largest absolute Gasteiger partial charge is 0.456 e. The van der Waals surface area contributed by atoms with E-state index in [0.717, 1.165) is 21.9 Å². The summed E-state index contributed by atoms with van der Waals surface area (Å²) in [5.41, 5.74) is 8.17. The second-order valence-corrected chi connectivity index (χ2v) is 9.02. The molecular formula is C33H22O. The van der Waals surface area contributed by atoms with E-state index in [4.69, 9.17) is 4.42 Å². The summed E-state index contributed by atoms with van der Waals surface area (Å²) < 4.78 is 6.11. The second kappa shape index (κ2) is 7.33. The highest BCUT2D eigenvalue weighted by Gasteiger charge is 2.17. The average Bonchev–Trinajstić information content (AvgIpc) is 3.25. The number of fused-ring (bicyclic) bond motifs is 5. The Hall–Kier alpha value is -4.36. The van der Waals surface area contributed by atoms with Crippen molar-refractivity contribution >= 4 is 43.5 Å². The van der Waals surface area contributed by atoms with Gasteiger partial charge in [-0.05, 0) is 68.9 Å². The third kappa shape index (κ3) is 2.80. The van der Waals surface area contributed by atoms with Crippen molar-refractivity contribution in [3.05, 3.63) is 121 Å². The van der Waals surface area contributed by atoms with Gasteiger partial charge in [0, 0.05) is 10.8 Å². The lowest BCUT2D eigenvalue weighted by Gasteiger charge is -2.18. The van der Waals surface area contributed by atoms with Gasteiger partial charge in [0.15, 0.2) is 0 Å². The van der Waals surface area contributed by atoms with E-state index in [2.05, 4.69) is 110 Å². The van der Waals surface area contributed by atoms with E-state index in [1.807, 2.05) is 12.1 Å². The number of aryl methyl sites for hydroxylation is 1. The highest BCUT2D eigenvalue weighted by atomic mass is 16.3. The Morgan fingerprint density at radius 3 is 1.56 bits per heavy atom. The smallest absolute Gasteiger partial charge is 0.135 e. The van der Waals surface area contributed by atoms with Crippen molar-refractivity contribution in [2.24, 2.45) is 0 Å². The Labute approximate surface area is 197 Å². The lowest BCUT2D eigenvalue weighted by atomic mass is 9.85. The zero-order valence-corrected chi connectivity index (χ0v) is 18.9. The van der Waals surface area contributed by atoms with Crippen LogP contribution in [0.2, 0.25) is 0 Å². The lowest BCUT2D eigenvalue weighted by Crippen LogP contribution is -1.91. The molecule has 0 aliphatic heterocycles. The topological polar surface area (TPSA) is 13.1 Å². The van der Waals surface area contributed by atoms with E-state index in [-0.39, 0.29) is 0 Å². The van der Waals surface area contributed by atoms with Gasteiger partial charge in [0.1, 0.15) is 11.2 Å². The maximum Gasteiger partial charge on any atom is 0.135 e. The molecule has 0 saturated heterocycles. The molecule has 0 aliphatic carbocycles. The summed E-state index contributed by atoms with van der Waals surface area (Å²) in [5, 5.41) is 7.40. The van der Waals surface area contributed by atoms with Crippen LogP contribution in [0.25, 0.3) is 65.7 Å². The quantitative estimate of drug-likeness (QED) is 0.247. The van der Waals surface area contributed by atoms with Crippen molar-refractivity contribution in [1.82, 2.24) is 0 Å².